The molecule has 0 unspecified atom stereocenters. The highest BCUT2D eigenvalue weighted by Gasteiger charge is 2.13. The Morgan fingerprint density at radius 3 is 2.70 bits per heavy atom. The highest BCUT2D eigenvalue weighted by atomic mass is 16.7. The van der Waals surface area contributed by atoms with Crippen LogP contribution in [0.4, 0.5) is 5.82 Å². The fourth-order valence-corrected chi connectivity index (χ4v) is 1.97. The zero-order chi connectivity index (χ0) is 14.5. The van der Waals surface area contributed by atoms with Crippen LogP contribution in [0.15, 0.2) is 18.2 Å². The van der Waals surface area contributed by atoms with Gasteiger partial charge in [0.25, 0.3) is 0 Å². The van der Waals surface area contributed by atoms with Gasteiger partial charge in [-0.25, -0.2) is 0 Å². The first-order valence-corrected chi connectivity index (χ1v) is 6.06. The van der Waals surface area contributed by atoms with Gasteiger partial charge in [0.05, 0.1) is 7.11 Å². The second kappa shape index (κ2) is 6.21. The van der Waals surface area contributed by atoms with Gasteiger partial charge in [-0.15, -0.1) is 0 Å². The number of benzene rings is 1. The largest absolute Gasteiger partial charge is 0.497 e. The summed E-state index contributed by atoms with van der Waals surface area (Å²) < 4.78 is 15.7. The SMILES string of the molecule is CNc1nc(OCOC)c2cc(OC)ccc2c1C=N. The van der Waals surface area contributed by atoms with E-state index in [1.165, 1.54) is 6.21 Å². The molecule has 0 radical (unpaired) electrons. The van der Waals surface area contributed by atoms with Gasteiger partial charge in [0.15, 0.2) is 6.79 Å². The number of hydrogen-bond acceptors (Lipinski definition) is 6. The minimum atomic E-state index is 0.104. The highest BCUT2D eigenvalue weighted by molar-refractivity contribution is 6.05. The van der Waals surface area contributed by atoms with Crippen LogP contribution in [0.1, 0.15) is 5.56 Å². The summed E-state index contributed by atoms with van der Waals surface area (Å²) in [6.45, 7) is 0.104. The smallest absolute Gasteiger partial charge is 0.225 e. The molecule has 0 saturated carbocycles. The average Bonchev–Trinajstić information content (AvgIpc) is 2.51. The summed E-state index contributed by atoms with van der Waals surface area (Å²) >= 11 is 0. The average molecular weight is 275 g/mol. The molecule has 20 heavy (non-hydrogen) atoms. The van der Waals surface area contributed by atoms with E-state index in [1.54, 1.807) is 21.3 Å². The molecule has 2 N–H and O–H groups in total. The Balaban J connectivity index is 2.71. The fourth-order valence-electron chi connectivity index (χ4n) is 1.97. The molecule has 1 heterocycles. The van der Waals surface area contributed by atoms with Crippen LogP contribution in [0.2, 0.25) is 0 Å². The Kier molecular flexibility index (Phi) is 4.37. The number of rotatable bonds is 6. The molecular weight excluding hydrogens is 258 g/mol. The number of fused-ring (bicyclic) bond motifs is 1. The molecule has 0 bridgehead atoms. The normalized spacial score (nSPS) is 10.3. The lowest BCUT2D eigenvalue weighted by Gasteiger charge is -2.14. The summed E-state index contributed by atoms with van der Waals surface area (Å²) in [5.41, 5.74) is 0.704. The Labute approximate surface area is 117 Å². The van der Waals surface area contributed by atoms with Crippen molar-refractivity contribution in [1.29, 1.82) is 5.41 Å². The molecule has 6 heteroatoms. The third-order valence-corrected chi connectivity index (χ3v) is 2.91. The molecule has 6 nitrogen and oxygen atoms in total. The molecule has 1 aromatic heterocycles. The lowest BCUT2D eigenvalue weighted by Crippen LogP contribution is -2.06. The van der Waals surface area contributed by atoms with E-state index in [1.807, 2.05) is 18.2 Å². The van der Waals surface area contributed by atoms with Gasteiger partial charge in [-0.2, -0.15) is 4.98 Å². The third-order valence-electron chi connectivity index (χ3n) is 2.91. The van der Waals surface area contributed by atoms with Crippen LogP contribution in [0.5, 0.6) is 11.6 Å². The van der Waals surface area contributed by atoms with Crippen LogP contribution in [-0.2, 0) is 4.74 Å². The van der Waals surface area contributed by atoms with Gasteiger partial charge < -0.3 is 24.9 Å². The molecule has 106 valence electrons. The maximum Gasteiger partial charge on any atom is 0.225 e. The van der Waals surface area contributed by atoms with E-state index in [-0.39, 0.29) is 6.79 Å². The van der Waals surface area contributed by atoms with Crippen LogP contribution in [-0.4, -0.2) is 39.3 Å². The van der Waals surface area contributed by atoms with E-state index in [2.05, 4.69) is 10.3 Å². The zero-order valence-corrected chi connectivity index (χ0v) is 11.7. The maximum absolute atomic E-state index is 7.58. The lowest BCUT2D eigenvalue weighted by atomic mass is 10.1. The van der Waals surface area contributed by atoms with E-state index in [9.17, 15) is 0 Å². The van der Waals surface area contributed by atoms with Gasteiger partial charge in [-0.1, -0.05) is 0 Å². The molecule has 0 aliphatic heterocycles. The molecule has 0 aliphatic carbocycles. The van der Waals surface area contributed by atoms with Crippen molar-refractivity contribution in [1.82, 2.24) is 4.98 Å². The number of nitrogens with zero attached hydrogens (tertiary/aromatic N) is 1. The first-order valence-electron chi connectivity index (χ1n) is 6.06. The van der Waals surface area contributed by atoms with Crippen LogP contribution in [0, 0.1) is 5.41 Å². The molecule has 0 amide bonds. The van der Waals surface area contributed by atoms with Crippen molar-refractivity contribution in [2.24, 2.45) is 0 Å². The van der Waals surface area contributed by atoms with E-state index >= 15 is 0 Å². The van der Waals surface area contributed by atoms with Crippen LogP contribution < -0.4 is 14.8 Å². The summed E-state index contributed by atoms with van der Waals surface area (Å²) in [5.74, 6) is 1.73. The number of ether oxygens (including phenoxy) is 3. The van der Waals surface area contributed by atoms with Crippen molar-refractivity contribution in [2.45, 2.75) is 0 Å². The molecule has 2 rings (SSSR count). The minimum absolute atomic E-state index is 0.104. The summed E-state index contributed by atoms with van der Waals surface area (Å²) in [6.07, 6.45) is 1.27. The third kappa shape index (κ3) is 2.50. The summed E-state index contributed by atoms with van der Waals surface area (Å²) in [4.78, 5) is 4.38. The number of aromatic nitrogens is 1. The van der Waals surface area contributed by atoms with E-state index in [0.717, 1.165) is 10.8 Å². The topological polar surface area (TPSA) is 76.5 Å². The standard InChI is InChI=1S/C14H17N3O3/c1-16-13-12(7-15)10-5-4-9(19-3)6-11(10)14(17-13)20-8-18-2/h4-7,15H,8H2,1-3H3,(H,16,17). The van der Waals surface area contributed by atoms with Gasteiger partial charge in [0, 0.05) is 31.3 Å². The molecule has 0 aliphatic rings. The predicted molar refractivity (Wildman–Crippen MR) is 78.2 cm³/mol. The van der Waals surface area contributed by atoms with Crippen molar-refractivity contribution >= 4 is 22.8 Å². The van der Waals surface area contributed by atoms with Gasteiger partial charge >= 0.3 is 0 Å². The molecule has 0 fully saturated rings. The van der Waals surface area contributed by atoms with Crippen molar-refractivity contribution < 1.29 is 14.2 Å². The predicted octanol–water partition coefficient (Wildman–Crippen LogP) is 2.27. The van der Waals surface area contributed by atoms with Gasteiger partial charge in [0.1, 0.15) is 11.6 Å². The number of anilines is 1. The molecule has 1 aromatic carbocycles. The van der Waals surface area contributed by atoms with Crippen molar-refractivity contribution in [3.05, 3.63) is 23.8 Å². The zero-order valence-electron chi connectivity index (χ0n) is 11.7. The molecule has 0 spiro atoms. The summed E-state index contributed by atoms with van der Waals surface area (Å²) in [6, 6.07) is 5.56. The van der Waals surface area contributed by atoms with E-state index in [4.69, 9.17) is 19.6 Å². The van der Waals surface area contributed by atoms with E-state index in [0.29, 0.717) is 23.0 Å². The van der Waals surface area contributed by atoms with E-state index < -0.39 is 0 Å². The summed E-state index contributed by atoms with van der Waals surface area (Å²) in [5, 5.41) is 12.2. The molecule has 2 aromatic rings. The van der Waals surface area contributed by atoms with Gasteiger partial charge in [0.2, 0.25) is 5.88 Å². The Bertz CT molecular complexity index is 629. The fraction of sp³-hybridized carbons (Fsp3) is 0.286. The van der Waals surface area contributed by atoms with Crippen molar-refractivity contribution in [3.63, 3.8) is 0 Å². The number of nitrogens with one attached hydrogen (secondary N) is 2. The minimum Gasteiger partial charge on any atom is -0.497 e. The molecule has 0 saturated heterocycles. The molecular formula is C14H17N3O3. The maximum atomic E-state index is 7.58. The molecule has 0 atom stereocenters. The number of pyridine rings is 1. The Hall–Kier alpha value is -2.34. The van der Waals surface area contributed by atoms with Crippen LogP contribution >= 0.6 is 0 Å². The highest BCUT2D eigenvalue weighted by Crippen LogP contribution is 2.33. The number of hydrogen-bond donors (Lipinski definition) is 2. The number of methoxy groups -OCH3 is 2. The monoisotopic (exact) mass is 275 g/mol. The quantitative estimate of drug-likeness (QED) is 0.624. The summed E-state index contributed by atoms with van der Waals surface area (Å²) in [7, 11) is 4.91. The van der Waals surface area contributed by atoms with Gasteiger partial charge in [-0.3, -0.25) is 0 Å². The van der Waals surface area contributed by atoms with Crippen molar-refractivity contribution in [2.75, 3.05) is 33.4 Å². The Morgan fingerprint density at radius 2 is 2.10 bits per heavy atom. The second-order valence-electron chi connectivity index (χ2n) is 4.04. The lowest BCUT2D eigenvalue weighted by molar-refractivity contribution is 0.0491. The van der Waals surface area contributed by atoms with Gasteiger partial charge in [-0.05, 0) is 23.6 Å². The van der Waals surface area contributed by atoms with Crippen molar-refractivity contribution in [3.8, 4) is 11.6 Å². The first kappa shape index (κ1) is 14.1. The van der Waals surface area contributed by atoms with Crippen LogP contribution in [0.25, 0.3) is 10.8 Å². The first-order chi connectivity index (χ1) is 9.74. The second-order valence-corrected chi connectivity index (χ2v) is 4.04. The van der Waals surface area contributed by atoms with Crippen LogP contribution in [0.3, 0.4) is 0 Å². The Morgan fingerprint density at radius 1 is 1.30 bits per heavy atom.